The van der Waals surface area contributed by atoms with Crippen molar-refractivity contribution in [2.75, 3.05) is 13.2 Å². The molecular formula is C40H66F2O10. The highest BCUT2D eigenvalue weighted by atomic mass is 19.3. The molecule has 5 aliphatic rings. The van der Waals surface area contributed by atoms with Crippen molar-refractivity contribution in [3.63, 3.8) is 0 Å². The highest BCUT2D eigenvalue weighted by Gasteiger charge is 2.51. The first kappa shape index (κ1) is 45.4. The van der Waals surface area contributed by atoms with E-state index in [0.29, 0.717) is 18.8 Å². The SMILES string of the molecule is CCC(C)(C)C(=O)OC1CCCCC1.CCC(C)(C)C(=O)OCC(=O)OC1C2CC3CC(C2)C(=O)OC1C3.CCC(C)(C)C(=O)OCCC(C)(F)F. The van der Waals surface area contributed by atoms with Gasteiger partial charge in [0.2, 0.25) is 5.92 Å². The molecule has 52 heavy (non-hydrogen) atoms. The summed E-state index contributed by atoms with van der Waals surface area (Å²) in [4.78, 5) is 59.1. The lowest BCUT2D eigenvalue weighted by Crippen LogP contribution is -2.45. The smallest absolute Gasteiger partial charge is 0.344 e. The zero-order chi connectivity index (χ0) is 39.5. The molecule has 0 aromatic carbocycles. The molecule has 5 atom stereocenters. The first-order valence-corrected chi connectivity index (χ1v) is 19.4. The number of fused-ring (bicyclic) bond motifs is 1. The van der Waals surface area contributed by atoms with Gasteiger partial charge in [-0.25, -0.2) is 13.6 Å². The van der Waals surface area contributed by atoms with Gasteiger partial charge >= 0.3 is 29.8 Å². The summed E-state index contributed by atoms with van der Waals surface area (Å²) < 4.78 is 51.1. The molecule has 0 N–H and O–H groups in total. The van der Waals surface area contributed by atoms with Gasteiger partial charge in [-0.2, -0.15) is 0 Å². The van der Waals surface area contributed by atoms with Crippen molar-refractivity contribution in [1.82, 2.24) is 0 Å². The van der Waals surface area contributed by atoms with E-state index in [1.807, 2.05) is 34.6 Å². The summed E-state index contributed by atoms with van der Waals surface area (Å²) in [6.45, 7) is 16.9. The van der Waals surface area contributed by atoms with Gasteiger partial charge in [-0.3, -0.25) is 19.2 Å². The molecule has 0 spiro atoms. The quantitative estimate of drug-likeness (QED) is 0.134. The molecule has 4 bridgehead atoms. The van der Waals surface area contributed by atoms with Gasteiger partial charge < -0.3 is 23.7 Å². The molecule has 0 aromatic rings. The van der Waals surface area contributed by atoms with Crippen LogP contribution in [-0.2, 0) is 47.7 Å². The number of carbonyl (C=O) groups is 5. The van der Waals surface area contributed by atoms with E-state index in [-0.39, 0.29) is 54.6 Å². The van der Waals surface area contributed by atoms with Crippen molar-refractivity contribution in [3.05, 3.63) is 0 Å². The van der Waals surface area contributed by atoms with Gasteiger partial charge in [0.25, 0.3) is 0 Å². The summed E-state index contributed by atoms with van der Waals surface area (Å²) in [5.74, 6) is -3.71. The van der Waals surface area contributed by atoms with E-state index >= 15 is 0 Å². The minimum absolute atomic E-state index is 0.0214. The molecule has 5 unspecified atom stereocenters. The second-order valence-corrected chi connectivity index (χ2v) is 17.1. The van der Waals surface area contributed by atoms with E-state index < -0.39 is 47.2 Å². The van der Waals surface area contributed by atoms with Crippen molar-refractivity contribution in [2.45, 2.75) is 177 Å². The highest BCUT2D eigenvalue weighted by Crippen LogP contribution is 2.48. The van der Waals surface area contributed by atoms with Gasteiger partial charge in [0.05, 0.1) is 28.8 Å². The topological polar surface area (TPSA) is 132 Å². The van der Waals surface area contributed by atoms with Gasteiger partial charge in [0, 0.05) is 12.3 Å². The summed E-state index contributed by atoms with van der Waals surface area (Å²) in [5.41, 5.74) is -1.50. The molecular weight excluding hydrogens is 678 g/mol. The molecule has 0 radical (unpaired) electrons. The number of carbonyl (C=O) groups excluding carboxylic acids is 5. The second kappa shape index (κ2) is 19.5. The van der Waals surface area contributed by atoms with Gasteiger partial charge in [-0.1, -0.05) is 27.2 Å². The van der Waals surface area contributed by atoms with Gasteiger partial charge in [0.15, 0.2) is 6.61 Å². The molecule has 2 saturated heterocycles. The highest BCUT2D eigenvalue weighted by molar-refractivity contribution is 5.80. The van der Waals surface area contributed by atoms with Crippen molar-refractivity contribution < 1.29 is 56.4 Å². The molecule has 2 heterocycles. The molecule has 300 valence electrons. The first-order valence-electron chi connectivity index (χ1n) is 19.4. The van der Waals surface area contributed by atoms with Crippen LogP contribution in [0.15, 0.2) is 0 Å². The number of ether oxygens (including phenoxy) is 5. The average Bonchev–Trinajstić information content (AvgIpc) is 3.24. The predicted molar refractivity (Wildman–Crippen MR) is 191 cm³/mol. The Hall–Kier alpha value is -2.79. The maximum atomic E-state index is 12.4. The third kappa shape index (κ3) is 14.2. The van der Waals surface area contributed by atoms with Gasteiger partial charge in [-0.05, 0) is 125 Å². The van der Waals surface area contributed by atoms with Crippen LogP contribution in [0.2, 0.25) is 0 Å². The second-order valence-electron chi connectivity index (χ2n) is 17.1. The first-order chi connectivity index (χ1) is 24.0. The summed E-state index contributed by atoms with van der Waals surface area (Å²) in [5, 5.41) is 0. The summed E-state index contributed by atoms with van der Waals surface area (Å²) >= 11 is 0. The molecule has 5 rings (SSSR count). The standard InChI is InChI=1S/C18H26O6.C12H22O2.C10H18F2O2/c1-4-18(2,3)17(21)22-9-14(19)24-15-11-5-10-6-12(8-11)16(20)23-13(15)7-10;1-4-12(2,3)11(13)14-10-8-6-5-7-9-10;1-5-9(2,3)8(13)14-7-6-10(4,11)12/h10-13,15H,4-9H2,1-3H3;10H,4-9H2,1-3H3;5-7H2,1-4H3. The summed E-state index contributed by atoms with van der Waals surface area (Å²) in [7, 11) is 0. The average molecular weight is 745 g/mol. The van der Waals surface area contributed by atoms with E-state index in [0.717, 1.165) is 51.9 Å². The molecule has 12 heteroatoms. The summed E-state index contributed by atoms with van der Waals surface area (Å²) in [6, 6.07) is 0. The number of alkyl halides is 2. The Labute approximate surface area is 310 Å². The van der Waals surface area contributed by atoms with Gasteiger partial charge in [-0.15, -0.1) is 0 Å². The Balaban J connectivity index is 0.000000290. The zero-order valence-corrected chi connectivity index (χ0v) is 33.4. The molecule has 0 amide bonds. The number of hydrogen-bond acceptors (Lipinski definition) is 10. The maximum Gasteiger partial charge on any atom is 0.344 e. The molecule has 2 aliphatic heterocycles. The molecule has 3 aliphatic carbocycles. The normalized spacial score (nSPS) is 24.5. The fourth-order valence-electron chi connectivity index (χ4n) is 6.39. The lowest BCUT2D eigenvalue weighted by molar-refractivity contribution is -0.180. The Morgan fingerprint density at radius 1 is 0.712 bits per heavy atom. The van der Waals surface area contributed by atoms with Crippen LogP contribution in [0.5, 0.6) is 0 Å². The van der Waals surface area contributed by atoms with Crippen LogP contribution in [0, 0.1) is 34.0 Å². The van der Waals surface area contributed by atoms with E-state index in [4.69, 9.17) is 23.7 Å². The zero-order valence-electron chi connectivity index (χ0n) is 33.4. The Morgan fingerprint density at radius 2 is 1.25 bits per heavy atom. The fourth-order valence-corrected chi connectivity index (χ4v) is 6.39. The minimum Gasteiger partial charge on any atom is -0.465 e. The van der Waals surface area contributed by atoms with Crippen LogP contribution in [0.1, 0.15) is 153 Å². The predicted octanol–water partition coefficient (Wildman–Crippen LogP) is 8.55. The number of rotatable bonds is 13. The van der Waals surface area contributed by atoms with Crippen LogP contribution in [0.3, 0.4) is 0 Å². The molecule has 0 aromatic heterocycles. The van der Waals surface area contributed by atoms with E-state index in [1.165, 1.54) is 19.3 Å². The maximum absolute atomic E-state index is 12.4. The summed E-state index contributed by atoms with van der Waals surface area (Å²) in [6.07, 6.45) is 10.4. The van der Waals surface area contributed by atoms with Crippen LogP contribution in [-0.4, -0.2) is 67.3 Å². The van der Waals surface area contributed by atoms with Crippen LogP contribution < -0.4 is 0 Å². The van der Waals surface area contributed by atoms with Crippen LogP contribution in [0.25, 0.3) is 0 Å². The van der Waals surface area contributed by atoms with Crippen molar-refractivity contribution in [3.8, 4) is 0 Å². The number of hydrogen-bond donors (Lipinski definition) is 0. The van der Waals surface area contributed by atoms with Gasteiger partial charge in [0.1, 0.15) is 18.3 Å². The Bertz CT molecular complexity index is 1200. The van der Waals surface area contributed by atoms with Crippen LogP contribution in [0.4, 0.5) is 8.78 Å². The monoisotopic (exact) mass is 744 g/mol. The molecule has 5 fully saturated rings. The molecule has 3 saturated carbocycles. The van der Waals surface area contributed by atoms with E-state index in [9.17, 15) is 32.8 Å². The number of halogens is 2. The van der Waals surface area contributed by atoms with Crippen molar-refractivity contribution in [2.24, 2.45) is 34.0 Å². The van der Waals surface area contributed by atoms with Crippen molar-refractivity contribution in [1.29, 1.82) is 0 Å². The van der Waals surface area contributed by atoms with Crippen molar-refractivity contribution >= 4 is 29.8 Å². The lowest BCUT2D eigenvalue weighted by atomic mass is 9.67. The Morgan fingerprint density at radius 3 is 1.79 bits per heavy atom. The number of esters is 5. The Kier molecular flexibility index (Phi) is 17.0. The lowest BCUT2D eigenvalue weighted by Gasteiger charge is -2.41. The largest absolute Gasteiger partial charge is 0.465 e. The third-order valence-corrected chi connectivity index (χ3v) is 11.3. The van der Waals surface area contributed by atoms with Crippen LogP contribution >= 0.6 is 0 Å². The fraction of sp³-hybridized carbons (Fsp3) is 0.875. The van der Waals surface area contributed by atoms with E-state index in [1.54, 1.807) is 27.7 Å². The molecule has 10 nitrogen and oxygen atoms in total. The minimum atomic E-state index is -2.77. The van der Waals surface area contributed by atoms with E-state index in [2.05, 4.69) is 0 Å². The third-order valence-electron chi connectivity index (χ3n) is 11.3.